The molecule has 2 fully saturated rings. The molecule has 0 N–H and O–H groups in total. The van der Waals surface area contributed by atoms with Gasteiger partial charge < -0.3 is 0 Å². The van der Waals surface area contributed by atoms with E-state index in [0.29, 0.717) is 17.6 Å². The Bertz CT molecular complexity index is 461. The minimum atomic E-state index is 0.329. The number of rotatable bonds is 2. The van der Waals surface area contributed by atoms with Crippen molar-refractivity contribution in [1.29, 1.82) is 0 Å². The zero-order valence-electron chi connectivity index (χ0n) is 10.7. The van der Waals surface area contributed by atoms with Crippen LogP contribution in [0, 0.1) is 31.6 Å². The van der Waals surface area contributed by atoms with Crippen LogP contribution in [0.15, 0.2) is 18.2 Å². The van der Waals surface area contributed by atoms with Crippen LogP contribution in [0.3, 0.4) is 0 Å². The molecule has 0 aromatic heterocycles. The van der Waals surface area contributed by atoms with Crippen LogP contribution in [-0.4, -0.2) is 5.78 Å². The fourth-order valence-electron chi connectivity index (χ4n) is 3.86. The van der Waals surface area contributed by atoms with E-state index in [0.717, 1.165) is 23.5 Å². The summed E-state index contributed by atoms with van der Waals surface area (Å²) in [7, 11) is 0. The lowest BCUT2D eigenvalue weighted by atomic mass is 9.82. The maximum Gasteiger partial charge on any atom is 0.166 e. The highest BCUT2D eigenvalue weighted by Crippen LogP contribution is 2.49. The second kappa shape index (κ2) is 3.97. The zero-order chi connectivity index (χ0) is 12.0. The number of carbonyl (C=O) groups excluding carboxylic acids is 1. The summed E-state index contributed by atoms with van der Waals surface area (Å²) in [6, 6.07) is 6.22. The van der Waals surface area contributed by atoms with Gasteiger partial charge in [0, 0.05) is 11.5 Å². The first-order valence-corrected chi connectivity index (χ1v) is 6.76. The molecule has 3 atom stereocenters. The second-order valence-corrected chi connectivity index (χ2v) is 5.96. The molecule has 0 heterocycles. The van der Waals surface area contributed by atoms with Gasteiger partial charge in [-0.3, -0.25) is 4.79 Å². The number of hydrogen-bond acceptors (Lipinski definition) is 1. The molecule has 3 rings (SSSR count). The molecule has 0 amide bonds. The van der Waals surface area contributed by atoms with E-state index >= 15 is 0 Å². The summed E-state index contributed by atoms with van der Waals surface area (Å²) >= 11 is 0. The minimum absolute atomic E-state index is 0.329. The van der Waals surface area contributed by atoms with Crippen molar-refractivity contribution >= 4 is 5.78 Å². The summed E-state index contributed by atoms with van der Waals surface area (Å²) in [6.07, 6.45) is 5.10. The summed E-state index contributed by atoms with van der Waals surface area (Å²) in [5.41, 5.74) is 3.36. The smallest absolute Gasteiger partial charge is 0.166 e. The fourth-order valence-corrected chi connectivity index (χ4v) is 3.86. The fraction of sp³-hybridized carbons (Fsp3) is 0.562. The van der Waals surface area contributed by atoms with Crippen LogP contribution < -0.4 is 0 Å². The normalized spacial score (nSPS) is 30.8. The van der Waals surface area contributed by atoms with E-state index in [9.17, 15) is 4.79 Å². The number of hydrogen-bond donors (Lipinski definition) is 0. The first-order valence-electron chi connectivity index (χ1n) is 6.76. The van der Waals surface area contributed by atoms with E-state index < -0.39 is 0 Å². The molecular formula is C16H20O. The maximum atomic E-state index is 12.6. The van der Waals surface area contributed by atoms with Crippen LogP contribution in [0.5, 0.6) is 0 Å². The van der Waals surface area contributed by atoms with E-state index in [1.54, 1.807) is 0 Å². The van der Waals surface area contributed by atoms with Crippen molar-refractivity contribution < 1.29 is 4.79 Å². The van der Waals surface area contributed by atoms with Gasteiger partial charge in [0.25, 0.3) is 0 Å². The van der Waals surface area contributed by atoms with Gasteiger partial charge in [0.05, 0.1) is 0 Å². The Hall–Kier alpha value is -1.11. The number of carbonyl (C=O) groups is 1. The van der Waals surface area contributed by atoms with Gasteiger partial charge in [-0.05, 0) is 50.5 Å². The van der Waals surface area contributed by atoms with E-state index in [4.69, 9.17) is 0 Å². The lowest BCUT2D eigenvalue weighted by Crippen LogP contribution is -2.21. The molecule has 1 aromatic carbocycles. The first kappa shape index (κ1) is 11.0. The lowest BCUT2D eigenvalue weighted by Gasteiger charge is -2.21. The molecule has 0 radical (unpaired) electrons. The third kappa shape index (κ3) is 1.82. The van der Waals surface area contributed by atoms with Crippen molar-refractivity contribution in [2.75, 3.05) is 0 Å². The van der Waals surface area contributed by atoms with Gasteiger partial charge in [0.15, 0.2) is 5.78 Å². The average molecular weight is 228 g/mol. The maximum absolute atomic E-state index is 12.6. The predicted octanol–water partition coefficient (Wildman–Crippen LogP) is 3.92. The van der Waals surface area contributed by atoms with Gasteiger partial charge in [-0.15, -0.1) is 0 Å². The van der Waals surface area contributed by atoms with Crippen LogP contribution in [0.2, 0.25) is 0 Å². The molecule has 2 aliphatic carbocycles. The van der Waals surface area contributed by atoms with Gasteiger partial charge >= 0.3 is 0 Å². The number of benzene rings is 1. The van der Waals surface area contributed by atoms with Crippen LogP contribution >= 0.6 is 0 Å². The second-order valence-electron chi connectivity index (χ2n) is 5.96. The largest absolute Gasteiger partial charge is 0.294 e. The molecule has 1 nitrogen and oxygen atoms in total. The molecule has 2 bridgehead atoms. The summed E-state index contributed by atoms with van der Waals surface area (Å²) < 4.78 is 0. The Morgan fingerprint density at radius 2 is 2.00 bits per heavy atom. The van der Waals surface area contributed by atoms with E-state index in [1.807, 2.05) is 6.07 Å². The van der Waals surface area contributed by atoms with E-state index in [-0.39, 0.29) is 0 Å². The summed E-state index contributed by atoms with van der Waals surface area (Å²) in [4.78, 5) is 12.6. The summed E-state index contributed by atoms with van der Waals surface area (Å²) in [6.45, 7) is 4.15. The van der Waals surface area contributed by atoms with Gasteiger partial charge in [-0.25, -0.2) is 0 Å². The Balaban J connectivity index is 1.87. The average Bonchev–Trinajstić information content (AvgIpc) is 2.89. The van der Waals surface area contributed by atoms with Crippen LogP contribution in [0.1, 0.15) is 47.2 Å². The molecule has 0 spiro atoms. The Morgan fingerprint density at radius 3 is 2.59 bits per heavy atom. The molecule has 0 aliphatic heterocycles. The summed E-state index contributed by atoms with van der Waals surface area (Å²) in [5.74, 6) is 2.28. The van der Waals surface area contributed by atoms with E-state index in [2.05, 4.69) is 26.0 Å². The molecule has 17 heavy (non-hydrogen) atoms. The highest BCUT2D eigenvalue weighted by molar-refractivity contribution is 5.99. The monoisotopic (exact) mass is 228 g/mol. The predicted molar refractivity (Wildman–Crippen MR) is 69.2 cm³/mol. The molecule has 3 unspecified atom stereocenters. The molecule has 90 valence electrons. The number of Topliss-reactive ketones (excluding diaryl/α,β-unsaturated/α-hetero) is 1. The van der Waals surface area contributed by atoms with Gasteiger partial charge in [-0.2, -0.15) is 0 Å². The van der Waals surface area contributed by atoms with Crippen LogP contribution in [-0.2, 0) is 0 Å². The molecule has 2 aliphatic rings. The molecule has 2 saturated carbocycles. The van der Waals surface area contributed by atoms with Gasteiger partial charge in [0.2, 0.25) is 0 Å². The Morgan fingerprint density at radius 1 is 1.18 bits per heavy atom. The number of fused-ring (bicyclic) bond motifs is 2. The molecule has 1 heteroatoms. The minimum Gasteiger partial charge on any atom is -0.294 e. The van der Waals surface area contributed by atoms with Crippen molar-refractivity contribution in [3.8, 4) is 0 Å². The quantitative estimate of drug-likeness (QED) is 0.701. The molecular weight excluding hydrogens is 208 g/mol. The van der Waals surface area contributed by atoms with E-state index in [1.165, 1.54) is 24.8 Å². The van der Waals surface area contributed by atoms with Crippen LogP contribution in [0.25, 0.3) is 0 Å². The van der Waals surface area contributed by atoms with Gasteiger partial charge in [0.1, 0.15) is 0 Å². The third-order valence-corrected chi connectivity index (χ3v) is 4.72. The van der Waals surface area contributed by atoms with Crippen molar-refractivity contribution in [1.82, 2.24) is 0 Å². The lowest BCUT2D eigenvalue weighted by molar-refractivity contribution is 0.0874. The standard InChI is InChI=1S/C16H20O/c1-10-3-6-14(11(2)7-10)16(17)15-9-12-4-5-13(15)8-12/h3,6-7,12-13,15H,4-5,8-9H2,1-2H3. The Kier molecular flexibility index (Phi) is 2.57. The zero-order valence-corrected chi connectivity index (χ0v) is 10.7. The van der Waals surface area contributed by atoms with Crippen molar-refractivity contribution in [3.05, 3.63) is 34.9 Å². The molecule has 1 aromatic rings. The number of aryl methyl sites for hydroxylation is 2. The first-order chi connectivity index (χ1) is 8.15. The summed E-state index contributed by atoms with van der Waals surface area (Å²) in [5, 5.41) is 0. The highest BCUT2D eigenvalue weighted by atomic mass is 16.1. The van der Waals surface area contributed by atoms with Crippen molar-refractivity contribution in [3.63, 3.8) is 0 Å². The van der Waals surface area contributed by atoms with Crippen molar-refractivity contribution in [2.24, 2.45) is 17.8 Å². The van der Waals surface area contributed by atoms with Crippen molar-refractivity contribution in [2.45, 2.75) is 39.5 Å². The third-order valence-electron chi connectivity index (χ3n) is 4.72. The van der Waals surface area contributed by atoms with Gasteiger partial charge in [-0.1, -0.05) is 30.2 Å². The number of ketones is 1. The SMILES string of the molecule is Cc1ccc(C(=O)C2CC3CCC2C3)c(C)c1. The highest BCUT2D eigenvalue weighted by Gasteiger charge is 2.43. The molecule has 0 saturated heterocycles. The Labute approximate surface area is 103 Å². The topological polar surface area (TPSA) is 17.1 Å². The van der Waals surface area contributed by atoms with Crippen LogP contribution in [0.4, 0.5) is 0 Å².